The fraction of sp³-hybridized carbons (Fsp3) is 0.667. The number of hydrogen-bond acceptors (Lipinski definition) is 5. The van der Waals surface area contributed by atoms with Gasteiger partial charge in [-0.3, -0.25) is 9.69 Å². The summed E-state index contributed by atoms with van der Waals surface area (Å²) in [6.45, 7) is 4.15. The number of carbonyl (C=O) groups excluding carboxylic acids is 1. The third kappa shape index (κ3) is 2.35. The Balaban J connectivity index is 1.60. The predicted molar refractivity (Wildman–Crippen MR) is 71.3 cm³/mol. The van der Waals surface area contributed by atoms with Crippen LogP contribution in [0.5, 0.6) is 0 Å². The van der Waals surface area contributed by atoms with Crippen LogP contribution in [0.4, 0.5) is 5.13 Å². The summed E-state index contributed by atoms with van der Waals surface area (Å²) in [6, 6.07) is 0. The van der Waals surface area contributed by atoms with Gasteiger partial charge in [0.2, 0.25) is 5.91 Å². The molecule has 0 aromatic carbocycles. The topological polar surface area (TPSA) is 62.5 Å². The largest absolute Gasteiger partial charge is 0.375 e. The smallest absolute Gasteiger partial charge is 0.236 e. The van der Waals surface area contributed by atoms with Crippen molar-refractivity contribution < 1.29 is 4.79 Å². The van der Waals surface area contributed by atoms with Gasteiger partial charge in [0.25, 0.3) is 0 Å². The third-order valence-corrected chi connectivity index (χ3v) is 4.56. The van der Waals surface area contributed by atoms with Gasteiger partial charge in [-0.05, 0) is 12.8 Å². The normalized spacial score (nSPS) is 20.1. The SMILES string of the molecule is Nc1nc2c(s1)CN(CC(=O)N1CCCC1)CC2. The molecule has 2 N–H and O–H groups in total. The Labute approximate surface area is 111 Å². The van der Waals surface area contributed by atoms with Crippen LogP contribution in [0.15, 0.2) is 0 Å². The zero-order chi connectivity index (χ0) is 12.5. The molecule has 1 aromatic heterocycles. The zero-order valence-electron chi connectivity index (χ0n) is 10.4. The van der Waals surface area contributed by atoms with Gasteiger partial charge in [0.05, 0.1) is 12.2 Å². The number of nitrogen functional groups attached to an aromatic ring is 1. The number of hydrogen-bond donors (Lipinski definition) is 1. The first-order valence-corrected chi connectivity index (χ1v) is 7.28. The third-order valence-electron chi connectivity index (χ3n) is 3.64. The molecular weight excluding hydrogens is 248 g/mol. The highest BCUT2D eigenvalue weighted by Gasteiger charge is 2.24. The van der Waals surface area contributed by atoms with E-state index >= 15 is 0 Å². The minimum absolute atomic E-state index is 0.272. The van der Waals surface area contributed by atoms with E-state index in [1.165, 1.54) is 4.88 Å². The molecule has 0 saturated carbocycles. The maximum atomic E-state index is 12.1. The number of amides is 1. The maximum Gasteiger partial charge on any atom is 0.236 e. The van der Waals surface area contributed by atoms with Crippen molar-refractivity contribution in [2.45, 2.75) is 25.8 Å². The van der Waals surface area contributed by atoms with E-state index in [1.54, 1.807) is 11.3 Å². The van der Waals surface area contributed by atoms with E-state index in [1.807, 2.05) is 4.90 Å². The second kappa shape index (κ2) is 4.85. The molecule has 5 nitrogen and oxygen atoms in total. The highest BCUT2D eigenvalue weighted by Crippen LogP contribution is 2.26. The molecule has 3 heterocycles. The average Bonchev–Trinajstić information content (AvgIpc) is 2.95. The van der Waals surface area contributed by atoms with Crippen LogP contribution in [0.25, 0.3) is 0 Å². The van der Waals surface area contributed by atoms with Crippen LogP contribution in [0.2, 0.25) is 0 Å². The first kappa shape index (κ1) is 11.9. The first-order valence-electron chi connectivity index (χ1n) is 6.46. The van der Waals surface area contributed by atoms with Crippen molar-refractivity contribution in [1.82, 2.24) is 14.8 Å². The van der Waals surface area contributed by atoms with Gasteiger partial charge in [-0.2, -0.15) is 0 Å². The molecule has 2 aliphatic heterocycles. The van der Waals surface area contributed by atoms with Crippen molar-refractivity contribution >= 4 is 22.4 Å². The Kier molecular flexibility index (Phi) is 3.22. The number of likely N-dealkylation sites (tertiary alicyclic amines) is 1. The Morgan fingerprint density at radius 1 is 1.33 bits per heavy atom. The maximum absolute atomic E-state index is 12.1. The van der Waals surface area contributed by atoms with Crippen LogP contribution in [0.3, 0.4) is 0 Å². The number of anilines is 1. The van der Waals surface area contributed by atoms with Crippen molar-refractivity contribution in [2.75, 3.05) is 31.9 Å². The van der Waals surface area contributed by atoms with E-state index in [2.05, 4.69) is 9.88 Å². The van der Waals surface area contributed by atoms with E-state index in [9.17, 15) is 4.79 Å². The molecule has 6 heteroatoms. The molecule has 98 valence electrons. The average molecular weight is 266 g/mol. The first-order chi connectivity index (χ1) is 8.72. The van der Waals surface area contributed by atoms with Gasteiger partial charge in [-0.15, -0.1) is 11.3 Å². The van der Waals surface area contributed by atoms with Gasteiger partial charge in [-0.1, -0.05) is 0 Å². The second-order valence-electron chi connectivity index (χ2n) is 4.97. The summed E-state index contributed by atoms with van der Waals surface area (Å²) in [5.74, 6) is 0.272. The lowest BCUT2D eigenvalue weighted by atomic mass is 10.2. The summed E-state index contributed by atoms with van der Waals surface area (Å²) >= 11 is 1.55. The quantitative estimate of drug-likeness (QED) is 0.856. The summed E-state index contributed by atoms with van der Waals surface area (Å²) in [4.78, 5) is 21.8. The lowest BCUT2D eigenvalue weighted by molar-refractivity contribution is -0.131. The molecule has 0 radical (unpaired) electrons. The van der Waals surface area contributed by atoms with Gasteiger partial charge < -0.3 is 10.6 Å². The van der Waals surface area contributed by atoms with E-state index in [0.717, 1.165) is 51.1 Å². The molecule has 2 aliphatic rings. The molecule has 0 bridgehead atoms. The van der Waals surface area contributed by atoms with Gasteiger partial charge in [0.1, 0.15) is 0 Å². The van der Waals surface area contributed by atoms with Gasteiger partial charge in [0, 0.05) is 37.5 Å². The molecule has 0 aliphatic carbocycles. The second-order valence-corrected chi connectivity index (χ2v) is 6.09. The fourth-order valence-corrected chi connectivity index (χ4v) is 3.58. The van der Waals surface area contributed by atoms with E-state index in [4.69, 9.17) is 5.73 Å². The van der Waals surface area contributed by atoms with Crippen LogP contribution >= 0.6 is 11.3 Å². The van der Waals surface area contributed by atoms with Crippen molar-refractivity contribution in [3.8, 4) is 0 Å². The summed E-state index contributed by atoms with van der Waals surface area (Å²) in [5.41, 5.74) is 6.85. The molecule has 1 aromatic rings. The predicted octanol–water partition coefficient (Wildman–Crippen LogP) is 0.706. The van der Waals surface area contributed by atoms with Gasteiger partial charge in [-0.25, -0.2) is 4.98 Å². The molecule has 1 fully saturated rings. The molecule has 1 amide bonds. The Morgan fingerprint density at radius 2 is 2.11 bits per heavy atom. The molecular formula is C12H18N4OS. The highest BCUT2D eigenvalue weighted by atomic mass is 32.1. The van der Waals surface area contributed by atoms with E-state index < -0.39 is 0 Å². The number of thiazole rings is 1. The summed E-state index contributed by atoms with van der Waals surface area (Å²) in [6.07, 6.45) is 3.22. The minimum Gasteiger partial charge on any atom is -0.375 e. The number of fused-ring (bicyclic) bond motifs is 1. The molecule has 0 spiro atoms. The molecule has 0 atom stereocenters. The minimum atomic E-state index is 0.272. The monoisotopic (exact) mass is 266 g/mol. The Hall–Kier alpha value is -1.14. The standard InChI is InChI=1S/C12H18N4OS/c13-12-14-9-3-6-15(7-10(9)18-12)8-11(17)16-4-1-2-5-16/h1-8H2,(H2,13,14). The van der Waals surface area contributed by atoms with Gasteiger partial charge in [0.15, 0.2) is 5.13 Å². The Bertz CT molecular complexity index is 453. The fourth-order valence-electron chi connectivity index (χ4n) is 2.66. The van der Waals surface area contributed by atoms with Crippen molar-refractivity contribution in [3.05, 3.63) is 10.6 Å². The van der Waals surface area contributed by atoms with Crippen molar-refractivity contribution in [3.63, 3.8) is 0 Å². The summed E-state index contributed by atoms with van der Waals surface area (Å²) in [7, 11) is 0. The summed E-state index contributed by atoms with van der Waals surface area (Å²) in [5, 5.41) is 0.646. The Morgan fingerprint density at radius 3 is 2.89 bits per heavy atom. The lowest BCUT2D eigenvalue weighted by Crippen LogP contribution is -2.40. The van der Waals surface area contributed by atoms with E-state index in [-0.39, 0.29) is 5.91 Å². The van der Waals surface area contributed by atoms with Crippen LogP contribution in [0, 0.1) is 0 Å². The van der Waals surface area contributed by atoms with Gasteiger partial charge >= 0.3 is 0 Å². The number of rotatable bonds is 2. The van der Waals surface area contributed by atoms with Crippen LogP contribution in [-0.4, -0.2) is 46.9 Å². The number of aromatic nitrogens is 1. The molecule has 3 rings (SSSR count). The highest BCUT2D eigenvalue weighted by molar-refractivity contribution is 7.15. The summed E-state index contributed by atoms with van der Waals surface area (Å²) < 4.78 is 0. The lowest BCUT2D eigenvalue weighted by Gasteiger charge is -2.27. The van der Waals surface area contributed by atoms with E-state index in [0.29, 0.717) is 11.7 Å². The number of nitrogens with two attached hydrogens (primary N) is 1. The molecule has 1 saturated heterocycles. The van der Waals surface area contributed by atoms with Crippen molar-refractivity contribution in [2.24, 2.45) is 0 Å². The number of carbonyl (C=O) groups is 1. The zero-order valence-corrected chi connectivity index (χ0v) is 11.2. The van der Waals surface area contributed by atoms with Crippen LogP contribution in [0.1, 0.15) is 23.4 Å². The van der Waals surface area contributed by atoms with Crippen LogP contribution in [-0.2, 0) is 17.8 Å². The van der Waals surface area contributed by atoms with Crippen molar-refractivity contribution in [1.29, 1.82) is 0 Å². The number of nitrogens with zero attached hydrogens (tertiary/aromatic N) is 3. The van der Waals surface area contributed by atoms with Crippen LogP contribution < -0.4 is 5.73 Å². The molecule has 18 heavy (non-hydrogen) atoms. The molecule has 0 unspecified atom stereocenters.